The third-order valence-electron chi connectivity index (χ3n) is 3.82. The number of hydrogen-bond acceptors (Lipinski definition) is 4. The number of nitrogens with two attached hydrogens (primary N) is 1. The van der Waals surface area contributed by atoms with E-state index in [-0.39, 0.29) is 10.9 Å². The van der Waals surface area contributed by atoms with Crippen molar-refractivity contribution in [1.82, 2.24) is 13.9 Å². The lowest BCUT2D eigenvalue weighted by Gasteiger charge is -2.35. The van der Waals surface area contributed by atoms with Crippen LogP contribution in [0.3, 0.4) is 0 Å². The number of imidazole rings is 1. The fraction of sp³-hybridized carbons (Fsp3) is 0.750. The zero-order chi connectivity index (χ0) is 14.2. The van der Waals surface area contributed by atoms with Gasteiger partial charge in [-0.15, -0.1) is 0 Å². The Morgan fingerprint density at radius 1 is 1.53 bits per heavy atom. The van der Waals surface area contributed by atoms with Crippen LogP contribution in [0.5, 0.6) is 0 Å². The van der Waals surface area contributed by atoms with Crippen LogP contribution in [0, 0.1) is 12.8 Å². The van der Waals surface area contributed by atoms with E-state index in [0.29, 0.717) is 18.9 Å². The topological polar surface area (TPSA) is 81.2 Å². The first-order valence-electron chi connectivity index (χ1n) is 6.69. The molecule has 1 aliphatic rings. The highest BCUT2D eigenvalue weighted by Gasteiger charge is 2.36. The lowest BCUT2D eigenvalue weighted by molar-refractivity contribution is 0.192. The molecule has 1 aromatic rings. The molecule has 0 aromatic carbocycles. The van der Waals surface area contributed by atoms with E-state index in [4.69, 9.17) is 5.73 Å². The molecule has 2 atom stereocenters. The first kappa shape index (κ1) is 14.5. The molecule has 0 saturated carbocycles. The summed E-state index contributed by atoms with van der Waals surface area (Å²) in [6.45, 7) is 6.94. The molecule has 1 aliphatic heterocycles. The average molecular weight is 286 g/mol. The summed E-state index contributed by atoms with van der Waals surface area (Å²) in [6.07, 6.45) is 2.96. The predicted molar refractivity (Wildman–Crippen MR) is 72.9 cm³/mol. The van der Waals surface area contributed by atoms with Gasteiger partial charge in [-0.05, 0) is 32.6 Å². The van der Waals surface area contributed by atoms with Gasteiger partial charge in [-0.2, -0.15) is 4.31 Å². The normalized spacial score (nSPS) is 25.7. The maximum atomic E-state index is 12.6. The molecule has 2 heterocycles. The summed E-state index contributed by atoms with van der Waals surface area (Å²) < 4.78 is 28.4. The van der Waals surface area contributed by atoms with E-state index in [9.17, 15) is 8.42 Å². The van der Waals surface area contributed by atoms with E-state index < -0.39 is 16.2 Å². The molecule has 1 saturated heterocycles. The molecule has 2 rings (SSSR count). The van der Waals surface area contributed by atoms with Gasteiger partial charge in [0.15, 0.2) is 5.03 Å². The molecule has 6 nitrogen and oxygen atoms in total. The number of rotatable bonds is 3. The van der Waals surface area contributed by atoms with Gasteiger partial charge in [0, 0.05) is 19.3 Å². The lowest BCUT2D eigenvalue weighted by Crippen LogP contribution is -2.52. The van der Waals surface area contributed by atoms with E-state index in [1.165, 1.54) is 4.31 Å². The smallest absolute Gasteiger partial charge is 0.263 e. The van der Waals surface area contributed by atoms with Crippen LogP contribution in [-0.2, 0) is 16.6 Å². The molecule has 2 unspecified atom stereocenters. The second-order valence-corrected chi connectivity index (χ2v) is 6.98. The van der Waals surface area contributed by atoms with Crippen LogP contribution >= 0.6 is 0 Å². The molecule has 0 amide bonds. The van der Waals surface area contributed by atoms with Crippen LogP contribution in [0.4, 0.5) is 0 Å². The molecule has 1 aromatic heterocycles. The van der Waals surface area contributed by atoms with E-state index in [1.54, 1.807) is 13.1 Å². The first-order chi connectivity index (χ1) is 8.87. The number of aryl methyl sites for hydroxylation is 2. The highest BCUT2D eigenvalue weighted by atomic mass is 32.2. The molecule has 0 aliphatic carbocycles. The Morgan fingerprint density at radius 3 is 2.79 bits per heavy atom. The van der Waals surface area contributed by atoms with E-state index in [2.05, 4.69) is 4.98 Å². The standard InChI is InChI=1S/C12H22N4O2S/c1-4-15-8-11(14-10(15)3)19(17,18)16-7-5-6-9(2)12(16)13/h8-9,12H,4-7,13H2,1-3H3. The van der Waals surface area contributed by atoms with Crippen LogP contribution in [0.2, 0.25) is 0 Å². The summed E-state index contributed by atoms with van der Waals surface area (Å²) in [7, 11) is -3.58. The average Bonchev–Trinajstić information content (AvgIpc) is 2.74. The van der Waals surface area contributed by atoms with Gasteiger partial charge in [0.25, 0.3) is 10.0 Å². The van der Waals surface area contributed by atoms with Gasteiger partial charge in [0.1, 0.15) is 5.82 Å². The van der Waals surface area contributed by atoms with Crippen molar-refractivity contribution >= 4 is 10.0 Å². The zero-order valence-electron chi connectivity index (χ0n) is 11.7. The molecule has 0 bridgehead atoms. The Balaban J connectivity index is 2.35. The fourth-order valence-corrected chi connectivity index (χ4v) is 4.14. The SMILES string of the molecule is CCn1cc(S(=O)(=O)N2CCCC(C)C2N)nc1C. The van der Waals surface area contributed by atoms with Crippen LogP contribution in [-0.4, -0.2) is 35.0 Å². The van der Waals surface area contributed by atoms with Crippen molar-refractivity contribution in [3.8, 4) is 0 Å². The van der Waals surface area contributed by atoms with Crippen molar-refractivity contribution in [2.45, 2.75) is 51.3 Å². The van der Waals surface area contributed by atoms with Crippen LogP contribution in [0.15, 0.2) is 11.2 Å². The lowest BCUT2D eigenvalue weighted by atomic mass is 9.99. The Hall–Kier alpha value is -0.920. The molecule has 0 spiro atoms. The molecule has 1 fully saturated rings. The van der Waals surface area contributed by atoms with Gasteiger partial charge < -0.3 is 10.3 Å². The third kappa shape index (κ3) is 2.54. The molecular weight excluding hydrogens is 264 g/mol. The Bertz CT molecular complexity index is 552. The molecule has 0 radical (unpaired) electrons. The number of aromatic nitrogens is 2. The minimum Gasteiger partial charge on any atom is -0.334 e. The monoisotopic (exact) mass is 286 g/mol. The van der Waals surface area contributed by atoms with Crippen LogP contribution < -0.4 is 5.73 Å². The van der Waals surface area contributed by atoms with E-state index in [0.717, 1.165) is 12.8 Å². The second-order valence-electron chi connectivity index (χ2n) is 5.14. The Labute approximate surface area is 114 Å². The van der Waals surface area contributed by atoms with E-state index in [1.807, 2.05) is 18.4 Å². The first-order valence-corrected chi connectivity index (χ1v) is 8.13. The predicted octanol–water partition coefficient (Wildman–Crippen LogP) is 0.917. The van der Waals surface area contributed by atoms with Crippen molar-refractivity contribution < 1.29 is 8.42 Å². The summed E-state index contributed by atoms with van der Waals surface area (Å²) in [4.78, 5) is 4.17. The molecule has 7 heteroatoms. The van der Waals surface area contributed by atoms with Crippen molar-refractivity contribution in [2.24, 2.45) is 11.7 Å². The largest absolute Gasteiger partial charge is 0.334 e. The fourth-order valence-electron chi connectivity index (χ4n) is 2.50. The summed E-state index contributed by atoms with van der Waals surface area (Å²) in [5, 5.41) is 0.108. The Morgan fingerprint density at radius 2 is 2.21 bits per heavy atom. The number of nitrogens with zero attached hydrogens (tertiary/aromatic N) is 3. The van der Waals surface area contributed by atoms with E-state index >= 15 is 0 Å². The summed E-state index contributed by atoms with van der Waals surface area (Å²) in [5.41, 5.74) is 6.04. The molecule has 19 heavy (non-hydrogen) atoms. The van der Waals surface area contributed by atoms with Gasteiger partial charge in [-0.3, -0.25) is 0 Å². The highest BCUT2D eigenvalue weighted by Crippen LogP contribution is 2.26. The minimum atomic E-state index is -3.58. The zero-order valence-corrected chi connectivity index (χ0v) is 12.5. The summed E-state index contributed by atoms with van der Waals surface area (Å²) >= 11 is 0. The van der Waals surface area contributed by atoms with Gasteiger partial charge >= 0.3 is 0 Å². The maximum Gasteiger partial charge on any atom is 0.263 e. The maximum absolute atomic E-state index is 12.6. The Kier molecular flexibility index (Phi) is 3.98. The number of piperidine rings is 1. The van der Waals surface area contributed by atoms with Crippen molar-refractivity contribution in [3.63, 3.8) is 0 Å². The van der Waals surface area contributed by atoms with Crippen LogP contribution in [0.1, 0.15) is 32.5 Å². The molecule has 108 valence electrons. The minimum absolute atomic E-state index is 0.108. The summed E-state index contributed by atoms with van der Waals surface area (Å²) in [5.74, 6) is 0.887. The van der Waals surface area contributed by atoms with Gasteiger partial charge in [0.2, 0.25) is 0 Å². The molecule has 2 N–H and O–H groups in total. The van der Waals surface area contributed by atoms with Crippen molar-refractivity contribution in [3.05, 3.63) is 12.0 Å². The van der Waals surface area contributed by atoms with Gasteiger partial charge in [-0.25, -0.2) is 13.4 Å². The second kappa shape index (κ2) is 5.22. The summed E-state index contributed by atoms with van der Waals surface area (Å²) in [6, 6.07) is 0. The van der Waals surface area contributed by atoms with Crippen molar-refractivity contribution in [2.75, 3.05) is 6.54 Å². The number of sulfonamides is 1. The highest BCUT2D eigenvalue weighted by molar-refractivity contribution is 7.89. The third-order valence-corrected chi connectivity index (χ3v) is 5.59. The van der Waals surface area contributed by atoms with Gasteiger partial charge in [0.05, 0.1) is 6.17 Å². The van der Waals surface area contributed by atoms with Gasteiger partial charge in [-0.1, -0.05) is 6.92 Å². The van der Waals surface area contributed by atoms with Crippen LogP contribution in [0.25, 0.3) is 0 Å². The number of hydrogen-bond donors (Lipinski definition) is 1. The quantitative estimate of drug-likeness (QED) is 0.895. The van der Waals surface area contributed by atoms with Crippen molar-refractivity contribution in [1.29, 1.82) is 0 Å². The molecular formula is C12H22N4O2S.